The van der Waals surface area contributed by atoms with Crippen LogP contribution >= 0.6 is 23.2 Å². The molecule has 6 rings (SSSR count). The van der Waals surface area contributed by atoms with Gasteiger partial charge in [-0.3, -0.25) is 5.10 Å². The Hall–Kier alpha value is -3.06. The molecule has 2 fully saturated rings. The number of aromatic amines is 1. The summed E-state index contributed by atoms with van der Waals surface area (Å²) in [4.78, 5) is 6.23. The average Bonchev–Trinajstić information content (AvgIpc) is 3.20. The third kappa shape index (κ3) is 4.58. The Kier molecular flexibility index (Phi) is 6.21. The molecule has 0 radical (unpaired) electrons. The van der Waals surface area contributed by atoms with Gasteiger partial charge in [-0.05, 0) is 37.6 Å². The Morgan fingerprint density at radius 1 is 1.15 bits per heavy atom. The lowest BCUT2D eigenvalue weighted by Crippen LogP contribution is -2.73. The Balaban J connectivity index is 1.23. The fourth-order valence-corrected chi connectivity index (χ4v) is 6.96. The van der Waals surface area contributed by atoms with Gasteiger partial charge in [0, 0.05) is 48.7 Å². The smallest absolute Gasteiger partial charge is 0.211 e. The molecule has 2 aliphatic heterocycles. The fraction of sp³-hybridized carbons (Fsp3) is 0.360. The number of fused-ring (bicyclic) bond motifs is 1. The van der Waals surface area contributed by atoms with Crippen LogP contribution in [0.3, 0.4) is 0 Å². The molecular weight excluding hydrogens is 568 g/mol. The van der Waals surface area contributed by atoms with Crippen molar-refractivity contribution < 1.29 is 17.5 Å². The maximum Gasteiger partial charge on any atom is 0.211 e. The van der Waals surface area contributed by atoms with Crippen molar-refractivity contribution in [1.82, 2.24) is 29.7 Å². The van der Waals surface area contributed by atoms with Crippen LogP contribution in [0, 0.1) is 18.2 Å². The normalized spacial score (nSPS) is 17.7. The van der Waals surface area contributed by atoms with E-state index in [4.69, 9.17) is 27.9 Å². The van der Waals surface area contributed by atoms with E-state index >= 15 is 4.39 Å². The van der Waals surface area contributed by atoms with Crippen LogP contribution in [0.25, 0.3) is 22.2 Å². The molecule has 39 heavy (non-hydrogen) atoms. The summed E-state index contributed by atoms with van der Waals surface area (Å²) in [5.41, 5.74) is 3.07. The van der Waals surface area contributed by atoms with Gasteiger partial charge >= 0.3 is 0 Å². The number of aryl methyl sites for hydroxylation is 1. The predicted molar refractivity (Wildman–Crippen MR) is 146 cm³/mol. The number of rotatable bonds is 6. The molecule has 0 aliphatic carbocycles. The molecule has 1 N–H and O–H groups in total. The molecule has 14 heteroatoms. The van der Waals surface area contributed by atoms with Crippen molar-refractivity contribution in [1.29, 1.82) is 0 Å². The fourth-order valence-electron chi connectivity index (χ4n) is 5.31. The number of nitrogens with one attached hydrogen (secondary N) is 1. The van der Waals surface area contributed by atoms with Gasteiger partial charge in [-0.25, -0.2) is 22.1 Å². The van der Waals surface area contributed by atoms with Crippen molar-refractivity contribution in [3.8, 4) is 17.0 Å². The predicted octanol–water partition coefficient (Wildman–Crippen LogP) is 4.39. The molecule has 4 aromatic rings. The van der Waals surface area contributed by atoms with E-state index in [2.05, 4.69) is 25.4 Å². The second-order valence-electron chi connectivity index (χ2n) is 10.3. The van der Waals surface area contributed by atoms with Gasteiger partial charge in [0.05, 0.1) is 28.6 Å². The van der Waals surface area contributed by atoms with Crippen molar-refractivity contribution in [2.45, 2.75) is 20.0 Å². The number of nitrogens with zero attached hydrogens (tertiary/aromatic N) is 6. The number of sulfonamides is 1. The first-order valence-corrected chi connectivity index (χ1v) is 14.7. The van der Waals surface area contributed by atoms with Crippen LogP contribution in [0.4, 0.5) is 10.2 Å². The minimum Gasteiger partial charge on any atom is -0.486 e. The lowest BCUT2D eigenvalue weighted by molar-refractivity contribution is 0.0390. The molecule has 3 aromatic heterocycles. The van der Waals surface area contributed by atoms with Gasteiger partial charge in [-0.1, -0.05) is 23.2 Å². The number of anilines is 1. The Morgan fingerprint density at radius 2 is 1.90 bits per heavy atom. The van der Waals surface area contributed by atoms with E-state index in [1.54, 1.807) is 6.20 Å². The number of hydrogen-bond acceptors (Lipinski definition) is 8. The Bertz CT molecular complexity index is 1700. The highest BCUT2D eigenvalue weighted by molar-refractivity contribution is 7.88. The number of hydrogen-bond donors (Lipinski definition) is 1. The van der Waals surface area contributed by atoms with E-state index in [0.717, 1.165) is 16.5 Å². The maximum atomic E-state index is 15.2. The van der Waals surface area contributed by atoms with Gasteiger partial charge in [0.2, 0.25) is 10.0 Å². The van der Waals surface area contributed by atoms with Crippen LogP contribution in [0.2, 0.25) is 10.2 Å². The van der Waals surface area contributed by atoms with Gasteiger partial charge in [0.1, 0.15) is 17.5 Å². The van der Waals surface area contributed by atoms with Gasteiger partial charge < -0.3 is 9.64 Å². The highest BCUT2D eigenvalue weighted by Crippen LogP contribution is 2.43. The van der Waals surface area contributed by atoms with Gasteiger partial charge in [-0.2, -0.15) is 10.2 Å². The third-order valence-corrected chi connectivity index (χ3v) is 9.08. The summed E-state index contributed by atoms with van der Waals surface area (Å²) in [7, 11) is -3.19. The summed E-state index contributed by atoms with van der Waals surface area (Å²) >= 11 is 12.5. The summed E-state index contributed by atoms with van der Waals surface area (Å²) in [6, 6.07) is 5.15. The first kappa shape index (κ1) is 26.2. The molecule has 2 saturated heterocycles. The SMILES string of the molecule is Cc1cc2[nH]nc(-c3cnc(N4CC5(C4)CN(S(C)(=O)=O)C5)c(F)c3)c2cc1O[C@H](C)c1c(Cl)cnnc1Cl. The van der Waals surface area contributed by atoms with Crippen molar-refractivity contribution in [2.24, 2.45) is 5.41 Å². The molecule has 0 amide bonds. The third-order valence-electron chi connectivity index (χ3n) is 7.30. The molecule has 1 atom stereocenters. The van der Waals surface area contributed by atoms with Crippen LogP contribution in [-0.2, 0) is 10.0 Å². The van der Waals surface area contributed by atoms with Gasteiger partial charge in [-0.15, -0.1) is 5.10 Å². The van der Waals surface area contributed by atoms with E-state index in [1.165, 1.54) is 22.8 Å². The molecule has 1 aromatic carbocycles. The number of halogens is 3. The zero-order valence-electron chi connectivity index (χ0n) is 21.2. The van der Waals surface area contributed by atoms with E-state index < -0.39 is 21.9 Å². The molecule has 10 nitrogen and oxygen atoms in total. The summed E-state index contributed by atoms with van der Waals surface area (Å²) in [6.07, 6.45) is 3.70. The summed E-state index contributed by atoms with van der Waals surface area (Å²) in [5.74, 6) is 0.362. The molecule has 204 valence electrons. The van der Waals surface area contributed by atoms with Crippen LogP contribution in [0.5, 0.6) is 5.75 Å². The summed E-state index contributed by atoms with van der Waals surface area (Å²) in [5, 5.41) is 16.3. The summed E-state index contributed by atoms with van der Waals surface area (Å²) in [6.45, 7) is 5.76. The lowest BCUT2D eigenvalue weighted by Gasteiger charge is -2.59. The quantitative estimate of drug-likeness (QED) is 0.351. The molecule has 0 saturated carbocycles. The van der Waals surface area contributed by atoms with Crippen LogP contribution in [-0.4, -0.2) is 70.5 Å². The van der Waals surface area contributed by atoms with E-state index in [-0.39, 0.29) is 16.4 Å². The second kappa shape index (κ2) is 9.26. The molecule has 1 spiro atoms. The molecular formula is C25H24Cl2FN7O3S. The van der Waals surface area contributed by atoms with Crippen molar-refractivity contribution in [2.75, 3.05) is 37.3 Å². The van der Waals surface area contributed by atoms with E-state index in [0.29, 0.717) is 53.8 Å². The van der Waals surface area contributed by atoms with Crippen molar-refractivity contribution in [3.63, 3.8) is 0 Å². The zero-order valence-corrected chi connectivity index (χ0v) is 23.6. The average molecular weight is 592 g/mol. The van der Waals surface area contributed by atoms with Crippen LogP contribution < -0.4 is 9.64 Å². The number of pyridine rings is 1. The standard InChI is InChI=1S/C25H24Cl2FN7O3S/c1-13-4-19-16(6-20(13)38-14(2)21-17(26)8-30-33-23(21)27)22(32-31-19)15-5-18(28)24(29-7-15)34-9-25(10-34)11-35(12-25)39(3,36)37/h4-8,14H,9-12H2,1-3H3,(H,31,32)/t14-/m1/s1. The lowest BCUT2D eigenvalue weighted by atomic mass is 9.74. The van der Waals surface area contributed by atoms with E-state index in [9.17, 15) is 8.42 Å². The highest BCUT2D eigenvalue weighted by Gasteiger charge is 2.55. The van der Waals surface area contributed by atoms with Crippen LogP contribution in [0.1, 0.15) is 24.2 Å². The van der Waals surface area contributed by atoms with Crippen molar-refractivity contribution in [3.05, 3.63) is 57.7 Å². The van der Waals surface area contributed by atoms with Gasteiger partial charge in [0.25, 0.3) is 0 Å². The molecule has 0 bridgehead atoms. The maximum absolute atomic E-state index is 15.2. The molecule has 0 unspecified atom stereocenters. The van der Waals surface area contributed by atoms with Gasteiger partial charge in [0.15, 0.2) is 16.8 Å². The monoisotopic (exact) mass is 591 g/mol. The summed E-state index contributed by atoms with van der Waals surface area (Å²) < 4.78 is 46.2. The largest absolute Gasteiger partial charge is 0.486 e. The number of H-pyrrole nitrogens is 1. The number of aromatic nitrogens is 5. The van der Waals surface area contributed by atoms with Crippen LogP contribution in [0.15, 0.2) is 30.6 Å². The van der Waals surface area contributed by atoms with E-state index in [1.807, 2.05) is 30.9 Å². The first-order valence-electron chi connectivity index (χ1n) is 12.1. The minimum absolute atomic E-state index is 0.125. The minimum atomic E-state index is -3.19. The Labute approximate surface area is 234 Å². The highest BCUT2D eigenvalue weighted by atomic mass is 35.5. The molecule has 5 heterocycles. The Morgan fingerprint density at radius 3 is 2.56 bits per heavy atom. The topological polar surface area (TPSA) is 117 Å². The first-order chi connectivity index (χ1) is 18.4. The number of ether oxygens (including phenoxy) is 1. The number of benzene rings is 1. The van der Waals surface area contributed by atoms with Crippen molar-refractivity contribution >= 4 is 49.9 Å². The zero-order chi connectivity index (χ0) is 27.7. The molecule has 2 aliphatic rings. The second-order valence-corrected chi connectivity index (χ2v) is 13.1.